The molecule has 1 unspecified atom stereocenters. The van der Waals surface area contributed by atoms with Crippen LogP contribution in [0, 0.1) is 0 Å². The summed E-state index contributed by atoms with van der Waals surface area (Å²) in [5.74, 6) is -1.63. The van der Waals surface area contributed by atoms with Gasteiger partial charge in [0.05, 0.1) is 13.2 Å². The van der Waals surface area contributed by atoms with Gasteiger partial charge in [-0.15, -0.1) is 0 Å². The monoisotopic (exact) mass is 412 g/mol. The number of aliphatic hydroxyl groups excluding tert-OH is 1. The van der Waals surface area contributed by atoms with E-state index in [0.29, 0.717) is 0 Å². The molecule has 29 heavy (non-hydrogen) atoms. The minimum Gasteiger partial charge on any atom is -0.480 e. The van der Waals surface area contributed by atoms with Crippen molar-refractivity contribution < 1.29 is 19.8 Å². The number of allylic oxidation sites excluding steroid dienone is 2. The number of carboxylic acids is 1. The summed E-state index contributed by atoms with van der Waals surface area (Å²) in [5, 5.41) is 22.9. The van der Waals surface area contributed by atoms with Crippen LogP contribution in [0.3, 0.4) is 0 Å². The van der Waals surface area contributed by atoms with Gasteiger partial charge < -0.3 is 20.8 Å². The van der Waals surface area contributed by atoms with E-state index >= 15 is 0 Å². The molecule has 0 bridgehead atoms. The molecule has 4 N–H and O–H groups in total. The van der Waals surface area contributed by atoms with Gasteiger partial charge >= 0.3 is 5.97 Å². The Morgan fingerprint density at radius 1 is 0.828 bits per heavy atom. The first-order chi connectivity index (χ1) is 14.1. The smallest absolute Gasteiger partial charge is 0.328 e. The van der Waals surface area contributed by atoms with Crippen LogP contribution in [-0.2, 0) is 9.59 Å². The molecule has 0 aliphatic rings. The normalized spacial score (nSPS) is 12.3. The average molecular weight is 413 g/mol. The molecular weight excluding hydrogens is 368 g/mol. The molecule has 6 heteroatoms. The molecule has 0 saturated heterocycles. The van der Waals surface area contributed by atoms with E-state index < -0.39 is 24.5 Å². The highest BCUT2D eigenvalue weighted by molar-refractivity contribution is 5.84. The van der Waals surface area contributed by atoms with Crippen LogP contribution < -0.4 is 10.6 Å². The maximum Gasteiger partial charge on any atom is 0.328 e. The SMILES string of the molecule is CCCCCCCC/C=C\CCCCCCCCNCC(=O)NC(CO)C(=O)O. The Balaban J connectivity index is 3.30. The minimum atomic E-state index is -1.23. The zero-order valence-corrected chi connectivity index (χ0v) is 18.5. The third-order valence-corrected chi connectivity index (χ3v) is 4.97. The molecule has 6 nitrogen and oxygen atoms in total. The van der Waals surface area contributed by atoms with Crippen LogP contribution in [0.25, 0.3) is 0 Å². The Morgan fingerprint density at radius 3 is 1.86 bits per heavy atom. The summed E-state index contributed by atoms with van der Waals surface area (Å²) in [6, 6.07) is -1.23. The van der Waals surface area contributed by atoms with Gasteiger partial charge in [-0.05, 0) is 38.6 Å². The molecule has 0 aromatic carbocycles. The number of amides is 1. The van der Waals surface area contributed by atoms with E-state index in [4.69, 9.17) is 10.2 Å². The number of hydrogen-bond donors (Lipinski definition) is 4. The molecule has 0 aromatic rings. The fourth-order valence-electron chi connectivity index (χ4n) is 3.13. The largest absolute Gasteiger partial charge is 0.480 e. The molecule has 1 atom stereocenters. The number of nitrogens with one attached hydrogen (secondary N) is 2. The predicted molar refractivity (Wildman–Crippen MR) is 119 cm³/mol. The number of carboxylic acid groups (broad SMARTS) is 1. The van der Waals surface area contributed by atoms with E-state index in [1.807, 2.05) is 0 Å². The van der Waals surface area contributed by atoms with Crippen LogP contribution in [0.1, 0.15) is 96.8 Å². The Kier molecular flexibility index (Phi) is 20.3. The first kappa shape index (κ1) is 27.6. The fraction of sp³-hybridized carbons (Fsp3) is 0.826. The Bertz CT molecular complexity index is 427. The molecule has 0 radical (unpaired) electrons. The molecule has 1 amide bonds. The zero-order chi connectivity index (χ0) is 21.6. The van der Waals surface area contributed by atoms with Gasteiger partial charge in [0.15, 0.2) is 0 Å². The molecule has 0 aliphatic heterocycles. The second-order valence-electron chi connectivity index (χ2n) is 7.76. The summed E-state index contributed by atoms with van der Waals surface area (Å²) in [6.45, 7) is 2.47. The molecule has 0 aromatic heterocycles. The summed E-state index contributed by atoms with van der Waals surface area (Å²) in [5.41, 5.74) is 0. The molecule has 0 heterocycles. The van der Waals surface area contributed by atoms with Gasteiger partial charge in [-0.2, -0.15) is 0 Å². The lowest BCUT2D eigenvalue weighted by Crippen LogP contribution is -2.46. The van der Waals surface area contributed by atoms with Gasteiger partial charge in [0, 0.05) is 0 Å². The molecule has 0 spiro atoms. The molecule has 170 valence electrons. The lowest BCUT2D eigenvalue weighted by Gasteiger charge is -2.11. The molecule has 0 rings (SSSR count). The van der Waals surface area contributed by atoms with Crippen molar-refractivity contribution in [2.45, 2.75) is 103 Å². The molecular formula is C23H44N2O4. The van der Waals surface area contributed by atoms with E-state index in [9.17, 15) is 9.59 Å². The second kappa shape index (κ2) is 21.3. The third-order valence-electron chi connectivity index (χ3n) is 4.97. The van der Waals surface area contributed by atoms with Crippen molar-refractivity contribution in [1.82, 2.24) is 10.6 Å². The number of hydrogen-bond acceptors (Lipinski definition) is 4. The number of unbranched alkanes of at least 4 members (excludes halogenated alkanes) is 12. The number of carbonyl (C=O) groups excluding carboxylic acids is 1. The third kappa shape index (κ3) is 19.7. The van der Waals surface area contributed by atoms with Crippen LogP contribution in [-0.4, -0.2) is 47.8 Å². The summed E-state index contributed by atoms with van der Waals surface area (Å²) >= 11 is 0. The lowest BCUT2D eigenvalue weighted by atomic mass is 10.1. The lowest BCUT2D eigenvalue weighted by molar-refractivity contribution is -0.142. The average Bonchev–Trinajstić information content (AvgIpc) is 2.70. The number of aliphatic carboxylic acids is 1. The Hall–Kier alpha value is -1.40. The van der Waals surface area contributed by atoms with Crippen molar-refractivity contribution in [3.8, 4) is 0 Å². The summed E-state index contributed by atoms with van der Waals surface area (Å²) in [6.07, 6.45) is 22.4. The van der Waals surface area contributed by atoms with Crippen molar-refractivity contribution >= 4 is 11.9 Å². The maximum absolute atomic E-state index is 11.5. The summed E-state index contributed by atoms with van der Waals surface area (Å²) in [7, 11) is 0. The van der Waals surface area contributed by atoms with Crippen molar-refractivity contribution in [2.75, 3.05) is 19.7 Å². The van der Waals surface area contributed by atoms with E-state index in [-0.39, 0.29) is 6.54 Å². The van der Waals surface area contributed by atoms with Crippen LogP contribution >= 0.6 is 0 Å². The van der Waals surface area contributed by atoms with Crippen molar-refractivity contribution in [3.63, 3.8) is 0 Å². The van der Waals surface area contributed by atoms with Gasteiger partial charge in [0.25, 0.3) is 0 Å². The molecule has 0 fully saturated rings. The first-order valence-electron chi connectivity index (χ1n) is 11.6. The Morgan fingerprint density at radius 2 is 1.34 bits per heavy atom. The number of aliphatic hydroxyl groups is 1. The Labute approximate surface area is 177 Å². The number of rotatable bonds is 21. The minimum absolute atomic E-state index is 0.0782. The van der Waals surface area contributed by atoms with E-state index in [1.54, 1.807) is 0 Å². The molecule has 0 aliphatic carbocycles. The van der Waals surface area contributed by atoms with E-state index in [1.165, 1.54) is 77.0 Å². The van der Waals surface area contributed by atoms with Crippen molar-refractivity contribution in [2.24, 2.45) is 0 Å². The van der Waals surface area contributed by atoms with Crippen molar-refractivity contribution in [1.29, 1.82) is 0 Å². The van der Waals surface area contributed by atoms with Crippen LogP contribution in [0.15, 0.2) is 12.2 Å². The van der Waals surface area contributed by atoms with Crippen LogP contribution in [0.5, 0.6) is 0 Å². The summed E-state index contributed by atoms with van der Waals surface area (Å²) in [4.78, 5) is 22.2. The highest BCUT2D eigenvalue weighted by Crippen LogP contribution is 2.09. The highest BCUT2D eigenvalue weighted by Gasteiger charge is 2.17. The second-order valence-corrected chi connectivity index (χ2v) is 7.76. The van der Waals surface area contributed by atoms with E-state index in [2.05, 4.69) is 29.7 Å². The molecule has 0 saturated carbocycles. The van der Waals surface area contributed by atoms with Gasteiger partial charge in [0.1, 0.15) is 6.04 Å². The number of carbonyl (C=O) groups is 2. The zero-order valence-electron chi connectivity index (χ0n) is 18.5. The maximum atomic E-state index is 11.5. The van der Waals surface area contributed by atoms with Crippen molar-refractivity contribution in [3.05, 3.63) is 12.2 Å². The van der Waals surface area contributed by atoms with Gasteiger partial charge in [-0.3, -0.25) is 4.79 Å². The van der Waals surface area contributed by atoms with Gasteiger partial charge in [0.2, 0.25) is 5.91 Å². The van der Waals surface area contributed by atoms with E-state index in [0.717, 1.165) is 19.4 Å². The fourth-order valence-corrected chi connectivity index (χ4v) is 3.13. The topological polar surface area (TPSA) is 98.7 Å². The first-order valence-corrected chi connectivity index (χ1v) is 11.6. The van der Waals surface area contributed by atoms with Gasteiger partial charge in [-0.25, -0.2) is 4.79 Å². The summed E-state index contributed by atoms with van der Waals surface area (Å²) < 4.78 is 0. The van der Waals surface area contributed by atoms with Crippen LogP contribution in [0.2, 0.25) is 0 Å². The quantitative estimate of drug-likeness (QED) is 0.167. The van der Waals surface area contributed by atoms with Crippen LogP contribution in [0.4, 0.5) is 0 Å². The van der Waals surface area contributed by atoms with Gasteiger partial charge in [-0.1, -0.05) is 76.9 Å². The predicted octanol–water partition coefficient (Wildman–Crippen LogP) is 4.18. The standard InChI is InChI=1S/C23H44N2O4/c1-2-3-4-5-6-7-8-9-10-11-12-13-14-15-16-17-18-24-19-22(27)25-21(20-26)23(28)29/h9-10,21,24,26H,2-8,11-20H2,1H3,(H,25,27)(H,28,29)/b10-9-. The highest BCUT2D eigenvalue weighted by atomic mass is 16.4.